The first-order valence-corrected chi connectivity index (χ1v) is 9.46. The predicted molar refractivity (Wildman–Crippen MR) is 103 cm³/mol. The van der Waals surface area contributed by atoms with Gasteiger partial charge in [-0.15, -0.1) is 0 Å². The second kappa shape index (κ2) is 10.7. The molecule has 4 heteroatoms. The zero-order chi connectivity index (χ0) is 17.2. The minimum Gasteiger partial charge on any atom is -0.385 e. The molecule has 1 saturated heterocycles. The molecule has 4 nitrogen and oxygen atoms in total. The largest absolute Gasteiger partial charge is 0.385 e. The van der Waals surface area contributed by atoms with Crippen LogP contribution in [0.3, 0.4) is 0 Å². The molecule has 2 rings (SSSR count). The fourth-order valence-electron chi connectivity index (χ4n) is 3.33. The van der Waals surface area contributed by atoms with Crippen molar-refractivity contribution in [1.82, 2.24) is 9.80 Å². The number of aryl methyl sites for hydroxylation is 1. The van der Waals surface area contributed by atoms with Crippen molar-refractivity contribution in [1.29, 1.82) is 0 Å². The summed E-state index contributed by atoms with van der Waals surface area (Å²) >= 11 is 0. The van der Waals surface area contributed by atoms with E-state index in [2.05, 4.69) is 52.9 Å². The smallest absolute Gasteiger partial charge is 0.0465 e. The van der Waals surface area contributed by atoms with Crippen LogP contribution in [0.25, 0.3) is 0 Å². The van der Waals surface area contributed by atoms with Crippen LogP contribution >= 0.6 is 0 Å². The first-order chi connectivity index (χ1) is 11.7. The predicted octanol–water partition coefficient (Wildman–Crippen LogP) is 2.73. The van der Waals surface area contributed by atoms with E-state index in [4.69, 9.17) is 4.74 Å². The number of benzene rings is 1. The molecule has 0 radical (unpaired) electrons. The number of anilines is 1. The fraction of sp³-hybridized carbons (Fsp3) is 0.700. The Kier molecular flexibility index (Phi) is 8.57. The lowest BCUT2D eigenvalue weighted by atomic mass is 10.1. The van der Waals surface area contributed by atoms with Crippen molar-refractivity contribution in [2.45, 2.75) is 26.2 Å². The van der Waals surface area contributed by atoms with Crippen LogP contribution in [0.1, 0.15) is 25.3 Å². The Labute approximate surface area is 148 Å². The molecule has 136 valence electrons. The molecular weight excluding hydrogens is 298 g/mol. The Morgan fingerprint density at radius 2 is 1.75 bits per heavy atom. The standard InChI is InChI=1S/C20H35N3O/c1-4-11-21(2)12-13-22-14-16-23(17-15-22)20-9-7-19(8-10-20)6-5-18-24-3/h7-10H,4-6,11-18H2,1-3H3. The van der Waals surface area contributed by atoms with Crippen molar-refractivity contribution in [3.63, 3.8) is 0 Å². The van der Waals surface area contributed by atoms with E-state index in [1.807, 2.05) is 0 Å². The van der Waals surface area contributed by atoms with Crippen molar-refractivity contribution in [3.8, 4) is 0 Å². The highest BCUT2D eigenvalue weighted by Gasteiger charge is 2.17. The van der Waals surface area contributed by atoms with Crippen molar-refractivity contribution in [2.24, 2.45) is 0 Å². The van der Waals surface area contributed by atoms with Gasteiger partial charge in [-0.1, -0.05) is 19.1 Å². The van der Waals surface area contributed by atoms with E-state index in [-0.39, 0.29) is 0 Å². The van der Waals surface area contributed by atoms with Gasteiger partial charge in [-0.3, -0.25) is 4.90 Å². The second-order valence-corrected chi connectivity index (χ2v) is 6.89. The third-order valence-corrected chi connectivity index (χ3v) is 4.89. The van der Waals surface area contributed by atoms with Crippen LogP contribution in [0, 0.1) is 0 Å². The highest BCUT2D eigenvalue weighted by Crippen LogP contribution is 2.18. The van der Waals surface area contributed by atoms with Gasteiger partial charge in [0.1, 0.15) is 0 Å². The molecular formula is C20H35N3O. The molecule has 1 aromatic rings. The van der Waals surface area contributed by atoms with Crippen molar-refractivity contribution >= 4 is 5.69 Å². The zero-order valence-corrected chi connectivity index (χ0v) is 15.8. The molecule has 24 heavy (non-hydrogen) atoms. The fourth-order valence-corrected chi connectivity index (χ4v) is 3.33. The molecule has 0 spiro atoms. The summed E-state index contributed by atoms with van der Waals surface area (Å²) in [4.78, 5) is 7.56. The van der Waals surface area contributed by atoms with E-state index in [0.29, 0.717) is 0 Å². The molecule has 0 bridgehead atoms. The Balaban J connectivity index is 1.71. The van der Waals surface area contributed by atoms with E-state index >= 15 is 0 Å². The van der Waals surface area contributed by atoms with Gasteiger partial charge in [0.25, 0.3) is 0 Å². The van der Waals surface area contributed by atoms with Crippen LogP contribution in [0.5, 0.6) is 0 Å². The maximum absolute atomic E-state index is 5.12. The van der Waals surface area contributed by atoms with E-state index in [1.165, 1.54) is 50.4 Å². The maximum Gasteiger partial charge on any atom is 0.0465 e. The van der Waals surface area contributed by atoms with Gasteiger partial charge in [-0.2, -0.15) is 0 Å². The van der Waals surface area contributed by atoms with E-state index in [1.54, 1.807) is 7.11 Å². The summed E-state index contributed by atoms with van der Waals surface area (Å²) in [5.74, 6) is 0. The summed E-state index contributed by atoms with van der Waals surface area (Å²) in [5, 5.41) is 0. The summed E-state index contributed by atoms with van der Waals surface area (Å²) in [6.45, 7) is 11.3. The average Bonchev–Trinajstić information content (AvgIpc) is 2.62. The maximum atomic E-state index is 5.12. The number of nitrogens with zero attached hydrogens (tertiary/aromatic N) is 3. The number of piperazine rings is 1. The number of likely N-dealkylation sites (N-methyl/N-ethyl adjacent to an activating group) is 1. The Hall–Kier alpha value is -1.10. The number of methoxy groups -OCH3 is 1. The van der Waals surface area contributed by atoms with Crippen LogP contribution in [0.4, 0.5) is 5.69 Å². The lowest BCUT2D eigenvalue weighted by Gasteiger charge is -2.36. The summed E-state index contributed by atoms with van der Waals surface area (Å²) in [7, 11) is 4.00. The van der Waals surface area contributed by atoms with Crippen molar-refractivity contribution in [2.75, 3.05) is 71.5 Å². The second-order valence-electron chi connectivity index (χ2n) is 6.89. The lowest BCUT2D eigenvalue weighted by Crippen LogP contribution is -2.48. The zero-order valence-electron chi connectivity index (χ0n) is 15.8. The number of hydrogen-bond donors (Lipinski definition) is 0. The summed E-state index contributed by atoms with van der Waals surface area (Å²) in [6, 6.07) is 9.12. The number of ether oxygens (including phenoxy) is 1. The van der Waals surface area contributed by atoms with Crippen LogP contribution < -0.4 is 4.90 Å². The van der Waals surface area contributed by atoms with E-state index in [9.17, 15) is 0 Å². The number of hydrogen-bond acceptors (Lipinski definition) is 4. The van der Waals surface area contributed by atoms with Gasteiger partial charge >= 0.3 is 0 Å². The highest BCUT2D eigenvalue weighted by molar-refractivity contribution is 5.48. The van der Waals surface area contributed by atoms with Crippen LogP contribution in [-0.4, -0.2) is 76.4 Å². The van der Waals surface area contributed by atoms with Crippen molar-refractivity contribution < 1.29 is 4.74 Å². The Bertz CT molecular complexity index is 441. The third kappa shape index (κ3) is 6.42. The summed E-state index contributed by atoms with van der Waals surface area (Å²) < 4.78 is 5.12. The lowest BCUT2D eigenvalue weighted by molar-refractivity contribution is 0.195. The van der Waals surface area contributed by atoms with E-state index in [0.717, 1.165) is 32.5 Å². The average molecular weight is 334 g/mol. The summed E-state index contributed by atoms with van der Waals surface area (Å²) in [6.07, 6.45) is 3.44. The van der Waals surface area contributed by atoms with Gasteiger partial charge in [0.2, 0.25) is 0 Å². The molecule has 0 N–H and O–H groups in total. The monoisotopic (exact) mass is 333 g/mol. The minimum absolute atomic E-state index is 0.844. The first-order valence-electron chi connectivity index (χ1n) is 9.46. The van der Waals surface area contributed by atoms with E-state index < -0.39 is 0 Å². The molecule has 0 amide bonds. The number of rotatable bonds is 10. The Morgan fingerprint density at radius 3 is 2.38 bits per heavy atom. The minimum atomic E-state index is 0.844. The topological polar surface area (TPSA) is 19.0 Å². The van der Waals surface area contributed by atoms with Crippen molar-refractivity contribution in [3.05, 3.63) is 29.8 Å². The van der Waals surface area contributed by atoms with Gasteiger partial charge in [-0.05, 0) is 50.6 Å². The van der Waals surface area contributed by atoms with Gasteiger partial charge in [0, 0.05) is 58.7 Å². The highest BCUT2D eigenvalue weighted by atomic mass is 16.5. The molecule has 1 aromatic carbocycles. The SMILES string of the molecule is CCCN(C)CCN1CCN(c2ccc(CCCOC)cc2)CC1. The van der Waals surface area contributed by atoms with Gasteiger partial charge in [-0.25, -0.2) is 0 Å². The molecule has 0 aliphatic carbocycles. The molecule has 1 aliphatic rings. The molecule has 1 aliphatic heterocycles. The molecule has 0 saturated carbocycles. The van der Waals surface area contributed by atoms with Crippen LogP contribution in [0.15, 0.2) is 24.3 Å². The third-order valence-electron chi connectivity index (χ3n) is 4.89. The summed E-state index contributed by atoms with van der Waals surface area (Å²) in [5.41, 5.74) is 2.78. The molecule has 1 heterocycles. The quantitative estimate of drug-likeness (QED) is 0.613. The van der Waals surface area contributed by atoms with Gasteiger partial charge in [0.05, 0.1) is 0 Å². The van der Waals surface area contributed by atoms with Crippen LogP contribution in [0.2, 0.25) is 0 Å². The first kappa shape index (κ1) is 19.2. The normalized spacial score (nSPS) is 16.1. The Morgan fingerprint density at radius 1 is 1.04 bits per heavy atom. The van der Waals surface area contributed by atoms with Gasteiger partial charge in [0.15, 0.2) is 0 Å². The molecule has 0 unspecified atom stereocenters. The van der Waals surface area contributed by atoms with Crippen LogP contribution in [-0.2, 0) is 11.2 Å². The van der Waals surface area contributed by atoms with Gasteiger partial charge < -0.3 is 14.5 Å². The molecule has 1 fully saturated rings. The molecule has 0 atom stereocenters. The molecule has 0 aromatic heterocycles.